The molecule has 0 aromatic heterocycles. The van der Waals surface area contributed by atoms with E-state index in [4.69, 9.17) is 5.73 Å². The fraction of sp³-hybridized carbons (Fsp3) is 1.00. The Hall–Kier alpha value is -0.0800. The van der Waals surface area contributed by atoms with Crippen LogP contribution in [-0.4, -0.2) is 30.6 Å². The van der Waals surface area contributed by atoms with E-state index in [1.54, 1.807) is 0 Å². The Morgan fingerprint density at radius 1 is 1.12 bits per heavy atom. The number of hydrogen-bond acceptors (Lipinski definition) is 2. The van der Waals surface area contributed by atoms with E-state index in [2.05, 4.69) is 25.9 Å². The van der Waals surface area contributed by atoms with Gasteiger partial charge in [-0.2, -0.15) is 0 Å². The van der Waals surface area contributed by atoms with E-state index in [0.29, 0.717) is 6.04 Å². The van der Waals surface area contributed by atoms with Crippen LogP contribution in [0.5, 0.6) is 0 Å². The van der Waals surface area contributed by atoms with E-state index < -0.39 is 0 Å². The van der Waals surface area contributed by atoms with Crippen LogP contribution in [0.1, 0.15) is 58.3 Å². The van der Waals surface area contributed by atoms with Crippen LogP contribution >= 0.6 is 0 Å². The van der Waals surface area contributed by atoms with Crippen molar-refractivity contribution in [3.63, 3.8) is 0 Å². The number of hydrogen-bond donors (Lipinski definition) is 1. The minimum Gasteiger partial charge on any atom is -0.326 e. The Balaban J connectivity index is 2.14. The molecule has 3 unspecified atom stereocenters. The molecule has 17 heavy (non-hydrogen) atoms. The minimum atomic E-state index is 0.284. The molecular weight excluding hydrogens is 208 g/mol. The number of nitrogens with two attached hydrogens (primary N) is 1. The summed E-state index contributed by atoms with van der Waals surface area (Å²) in [7, 11) is 4.49. The van der Waals surface area contributed by atoms with Crippen molar-refractivity contribution in [3.05, 3.63) is 0 Å². The third kappa shape index (κ3) is 2.53. The Kier molecular flexibility index (Phi) is 4.14. The number of likely N-dealkylation sites (N-methyl/N-ethyl adjacent to an activating group) is 1. The van der Waals surface area contributed by atoms with Gasteiger partial charge in [0.2, 0.25) is 0 Å². The minimum absolute atomic E-state index is 0.284. The van der Waals surface area contributed by atoms with Gasteiger partial charge in [0.25, 0.3) is 0 Å². The van der Waals surface area contributed by atoms with Gasteiger partial charge >= 0.3 is 0 Å². The Morgan fingerprint density at radius 3 is 2.29 bits per heavy atom. The molecule has 2 aliphatic carbocycles. The van der Waals surface area contributed by atoms with Crippen LogP contribution < -0.4 is 5.73 Å². The number of rotatable bonds is 3. The van der Waals surface area contributed by atoms with Crippen molar-refractivity contribution >= 4 is 0 Å². The second-order valence-corrected chi connectivity index (χ2v) is 6.77. The highest BCUT2D eigenvalue weighted by Crippen LogP contribution is 2.42. The van der Waals surface area contributed by atoms with Gasteiger partial charge < -0.3 is 10.6 Å². The summed E-state index contributed by atoms with van der Waals surface area (Å²) in [5.41, 5.74) is 6.99. The average Bonchev–Trinajstić information content (AvgIpc) is 2.81. The van der Waals surface area contributed by atoms with Gasteiger partial charge in [-0.3, -0.25) is 0 Å². The van der Waals surface area contributed by atoms with E-state index >= 15 is 0 Å². The van der Waals surface area contributed by atoms with E-state index in [0.717, 1.165) is 11.8 Å². The summed E-state index contributed by atoms with van der Waals surface area (Å²) in [6.07, 6.45) is 10.9. The first kappa shape index (κ1) is 13.4. The molecule has 2 fully saturated rings. The molecule has 0 aromatic carbocycles. The first-order valence-corrected chi connectivity index (χ1v) is 7.49. The van der Waals surface area contributed by atoms with Gasteiger partial charge in [-0.25, -0.2) is 0 Å². The topological polar surface area (TPSA) is 29.3 Å². The summed E-state index contributed by atoms with van der Waals surface area (Å²) >= 11 is 0. The Labute approximate surface area is 107 Å². The molecule has 2 heteroatoms. The molecule has 100 valence electrons. The number of nitrogens with zero attached hydrogens (tertiary/aromatic N) is 1. The van der Waals surface area contributed by atoms with Crippen molar-refractivity contribution in [2.45, 2.75) is 69.9 Å². The van der Waals surface area contributed by atoms with Gasteiger partial charge in [-0.1, -0.05) is 32.6 Å². The standard InChI is InChI=1S/C15H30N2/c1-12-7-6-10-15(11-12,17(2)3)14(16)13-8-4-5-9-13/h12-14H,4-11,16H2,1-3H3. The fourth-order valence-corrected chi connectivity index (χ4v) is 4.33. The van der Waals surface area contributed by atoms with Gasteiger partial charge in [-0.05, 0) is 51.6 Å². The van der Waals surface area contributed by atoms with Gasteiger partial charge in [0.15, 0.2) is 0 Å². The molecule has 0 saturated heterocycles. The zero-order chi connectivity index (χ0) is 12.5. The van der Waals surface area contributed by atoms with E-state index in [1.165, 1.54) is 51.4 Å². The molecule has 0 heterocycles. The largest absolute Gasteiger partial charge is 0.326 e. The molecule has 0 spiro atoms. The van der Waals surface area contributed by atoms with Gasteiger partial charge in [0.05, 0.1) is 0 Å². The van der Waals surface area contributed by atoms with Crippen LogP contribution in [-0.2, 0) is 0 Å². The molecule has 2 nitrogen and oxygen atoms in total. The highest BCUT2D eigenvalue weighted by Gasteiger charge is 2.45. The van der Waals surface area contributed by atoms with E-state index in [1.807, 2.05) is 0 Å². The fourth-order valence-electron chi connectivity index (χ4n) is 4.33. The lowest BCUT2D eigenvalue weighted by atomic mass is 9.68. The van der Waals surface area contributed by atoms with Crippen molar-refractivity contribution < 1.29 is 0 Å². The summed E-state index contributed by atoms with van der Waals surface area (Å²) in [5, 5.41) is 0. The molecule has 0 bridgehead atoms. The molecule has 2 rings (SSSR count). The zero-order valence-electron chi connectivity index (χ0n) is 11.9. The summed E-state index contributed by atoms with van der Waals surface area (Å²) < 4.78 is 0. The van der Waals surface area contributed by atoms with Crippen LogP contribution in [0.15, 0.2) is 0 Å². The summed E-state index contributed by atoms with van der Waals surface area (Å²) in [5.74, 6) is 1.63. The third-order valence-corrected chi connectivity index (χ3v) is 5.43. The lowest BCUT2D eigenvalue weighted by Crippen LogP contribution is -2.61. The molecule has 0 radical (unpaired) electrons. The van der Waals surface area contributed by atoms with Gasteiger partial charge in [0, 0.05) is 11.6 Å². The maximum Gasteiger partial charge on any atom is 0.0359 e. The van der Waals surface area contributed by atoms with Crippen molar-refractivity contribution in [3.8, 4) is 0 Å². The summed E-state index contributed by atoms with van der Waals surface area (Å²) in [6, 6.07) is 0.391. The predicted molar refractivity (Wildman–Crippen MR) is 74.0 cm³/mol. The monoisotopic (exact) mass is 238 g/mol. The summed E-state index contributed by atoms with van der Waals surface area (Å²) in [4.78, 5) is 2.45. The van der Waals surface area contributed by atoms with Crippen molar-refractivity contribution in [1.82, 2.24) is 4.90 Å². The van der Waals surface area contributed by atoms with Crippen molar-refractivity contribution in [1.29, 1.82) is 0 Å². The van der Waals surface area contributed by atoms with E-state index in [9.17, 15) is 0 Å². The quantitative estimate of drug-likeness (QED) is 0.819. The second kappa shape index (κ2) is 5.27. The predicted octanol–water partition coefficient (Wildman–Crippen LogP) is 3.01. The smallest absolute Gasteiger partial charge is 0.0359 e. The highest BCUT2D eigenvalue weighted by atomic mass is 15.2. The third-order valence-electron chi connectivity index (χ3n) is 5.43. The SMILES string of the molecule is CC1CCCC(C(N)C2CCCC2)(N(C)C)C1. The highest BCUT2D eigenvalue weighted by molar-refractivity contribution is 5.03. The van der Waals surface area contributed by atoms with Crippen molar-refractivity contribution in [2.24, 2.45) is 17.6 Å². The maximum absolute atomic E-state index is 6.71. The Bertz CT molecular complexity index is 245. The first-order chi connectivity index (χ1) is 8.06. The molecule has 2 N–H and O–H groups in total. The van der Waals surface area contributed by atoms with Crippen LogP contribution in [0.2, 0.25) is 0 Å². The molecule has 0 aliphatic heterocycles. The molecule has 2 saturated carbocycles. The van der Waals surface area contributed by atoms with Crippen molar-refractivity contribution in [2.75, 3.05) is 14.1 Å². The van der Waals surface area contributed by atoms with Crippen LogP contribution in [0, 0.1) is 11.8 Å². The molecule has 0 aromatic rings. The normalized spacial score (nSPS) is 37.6. The van der Waals surface area contributed by atoms with Gasteiger partial charge in [0.1, 0.15) is 0 Å². The lowest BCUT2D eigenvalue weighted by molar-refractivity contribution is 0.0313. The zero-order valence-corrected chi connectivity index (χ0v) is 11.9. The molecule has 0 amide bonds. The Morgan fingerprint density at radius 2 is 1.76 bits per heavy atom. The second-order valence-electron chi connectivity index (χ2n) is 6.77. The summed E-state index contributed by atoms with van der Waals surface area (Å²) in [6.45, 7) is 2.40. The average molecular weight is 238 g/mol. The van der Waals surface area contributed by atoms with Crippen LogP contribution in [0.3, 0.4) is 0 Å². The first-order valence-electron chi connectivity index (χ1n) is 7.49. The van der Waals surface area contributed by atoms with Gasteiger partial charge in [-0.15, -0.1) is 0 Å². The van der Waals surface area contributed by atoms with Crippen LogP contribution in [0.25, 0.3) is 0 Å². The maximum atomic E-state index is 6.71. The van der Waals surface area contributed by atoms with Crippen LogP contribution in [0.4, 0.5) is 0 Å². The molecule has 2 aliphatic rings. The molecular formula is C15H30N2. The molecule has 3 atom stereocenters. The van der Waals surface area contributed by atoms with E-state index in [-0.39, 0.29) is 5.54 Å². The lowest BCUT2D eigenvalue weighted by Gasteiger charge is -2.50.